The first-order valence-electron chi connectivity index (χ1n) is 17.4. The molecule has 0 bridgehead atoms. The van der Waals surface area contributed by atoms with Crippen molar-refractivity contribution in [2.24, 2.45) is 11.8 Å². The first-order chi connectivity index (χ1) is 24.7. The number of nitrogens with zero attached hydrogens (tertiary/aromatic N) is 2. The summed E-state index contributed by atoms with van der Waals surface area (Å²) in [5, 5.41) is 10.6. The van der Waals surface area contributed by atoms with Gasteiger partial charge in [0.2, 0.25) is 5.91 Å². The molecule has 3 aromatic rings. The number of allylic oxidation sites excluding steroid dienone is 1. The number of hydrogen-bond acceptors (Lipinski definition) is 9. The Kier molecular flexibility index (Phi) is 16.0. The van der Waals surface area contributed by atoms with E-state index in [0.717, 1.165) is 22.5 Å². The molecule has 0 aliphatic heterocycles. The van der Waals surface area contributed by atoms with E-state index in [0.29, 0.717) is 35.7 Å². The van der Waals surface area contributed by atoms with Gasteiger partial charge in [-0.2, -0.15) is 0 Å². The Morgan fingerprint density at radius 2 is 1.56 bits per heavy atom. The largest absolute Gasteiger partial charge is 0.469 e. The molecule has 3 N–H and O–H groups in total. The predicted molar refractivity (Wildman–Crippen MR) is 201 cm³/mol. The molecule has 0 saturated heterocycles. The number of benzene rings is 2. The minimum atomic E-state index is -0.903. The smallest absolute Gasteiger partial charge is 0.319 e. The summed E-state index contributed by atoms with van der Waals surface area (Å²) >= 11 is 1.16. The van der Waals surface area contributed by atoms with E-state index in [2.05, 4.69) is 20.9 Å². The average Bonchev–Trinajstić information content (AvgIpc) is 3.62. The molecular formula is C39H51N5O7S. The van der Waals surface area contributed by atoms with E-state index in [-0.39, 0.29) is 29.9 Å². The van der Waals surface area contributed by atoms with Crippen molar-refractivity contribution in [1.82, 2.24) is 20.5 Å². The number of thiazole rings is 1. The number of likely N-dealkylation sites (N-methyl/N-ethyl adjacent to an activating group) is 1. The zero-order valence-corrected chi connectivity index (χ0v) is 32.0. The Labute approximate surface area is 310 Å². The van der Waals surface area contributed by atoms with E-state index in [1.165, 1.54) is 18.9 Å². The molecular weight excluding hydrogens is 683 g/mol. The van der Waals surface area contributed by atoms with Crippen molar-refractivity contribution in [2.45, 2.75) is 85.4 Å². The third-order valence-electron chi connectivity index (χ3n) is 8.73. The van der Waals surface area contributed by atoms with Gasteiger partial charge in [-0.3, -0.25) is 19.2 Å². The summed E-state index contributed by atoms with van der Waals surface area (Å²) in [6, 6.07) is 16.9. The van der Waals surface area contributed by atoms with Gasteiger partial charge in [-0.1, -0.05) is 81.3 Å². The summed E-state index contributed by atoms with van der Waals surface area (Å²) in [4.78, 5) is 71.1. The highest BCUT2D eigenvalue weighted by molar-refractivity contribution is 7.09. The van der Waals surface area contributed by atoms with Crippen LogP contribution in [-0.2, 0) is 30.3 Å². The number of nitrogens with one attached hydrogen (secondary N) is 3. The summed E-state index contributed by atoms with van der Waals surface area (Å²) in [5.41, 5.74) is 3.10. The van der Waals surface area contributed by atoms with E-state index in [4.69, 9.17) is 9.47 Å². The summed E-state index contributed by atoms with van der Waals surface area (Å²) in [5.74, 6) is -2.33. The maximum atomic E-state index is 14.0. The second-order valence-electron chi connectivity index (χ2n) is 13.1. The fourth-order valence-corrected chi connectivity index (χ4v) is 6.53. The molecule has 52 heavy (non-hydrogen) atoms. The van der Waals surface area contributed by atoms with Gasteiger partial charge in [0, 0.05) is 43.2 Å². The van der Waals surface area contributed by atoms with E-state index >= 15 is 0 Å². The molecule has 0 radical (unpaired) electrons. The molecule has 0 fully saturated rings. The van der Waals surface area contributed by atoms with Crippen molar-refractivity contribution in [2.75, 3.05) is 19.5 Å². The van der Waals surface area contributed by atoms with E-state index in [9.17, 15) is 24.0 Å². The Hall–Kier alpha value is -5.04. The average molecular weight is 734 g/mol. The molecule has 0 aliphatic rings. The molecule has 5 atom stereocenters. The van der Waals surface area contributed by atoms with Crippen LogP contribution >= 0.6 is 11.3 Å². The third-order valence-corrected chi connectivity index (χ3v) is 9.67. The van der Waals surface area contributed by atoms with Crippen molar-refractivity contribution in [3.05, 3.63) is 93.6 Å². The molecule has 0 saturated carbocycles. The zero-order valence-electron chi connectivity index (χ0n) is 31.2. The van der Waals surface area contributed by atoms with Crippen LogP contribution in [0.1, 0.15) is 88.0 Å². The van der Waals surface area contributed by atoms with Crippen molar-refractivity contribution < 1.29 is 33.4 Å². The monoisotopic (exact) mass is 733 g/mol. The van der Waals surface area contributed by atoms with Gasteiger partial charge in [0.25, 0.3) is 5.91 Å². The Bertz CT molecular complexity index is 1690. The minimum Gasteiger partial charge on any atom is -0.469 e. The molecule has 0 spiro atoms. The summed E-state index contributed by atoms with van der Waals surface area (Å²) in [6.07, 6.45) is 0.667. The molecule has 0 unspecified atom stereocenters. The molecule has 4 amide bonds. The van der Waals surface area contributed by atoms with Crippen LogP contribution in [0.4, 0.5) is 10.5 Å². The maximum Gasteiger partial charge on any atom is 0.319 e. The SMILES string of the molecule is CC[C@H](C)[C@H](NC(=O)Nc1ccccc1)C(=O)N(C)C(C[C@@H](OC(C)=O)c1nc(C(=O)N[C@@H](Cc2ccccc2)C[C@H](C)C(=O)OC)cs1)=C(C)C. The summed E-state index contributed by atoms with van der Waals surface area (Å²) in [7, 11) is 2.96. The highest BCUT2D eigenvalue weighted by atomic mass is 32.1. The molecule has 3 rings (SSSR count). The van der Waals surface area contributed by atoms with Gasteiger partial charge in [-0.25, -0.2) is 9.78 Å². The van der Waals surface area contributed by atoms with Crippen molar-refractivity contribution in [3.8, 4) is 0 Å². The number of ether oxygens (including phenoxy) is 2. The second kappa shape index (κ2) is 20.1. The van der Waals surface area contributed by atoms with Gasteiger partial charge >= 0.3 is 18.0 Å². The lowest BCUT2D eigenvalue weighted by molar-refractivity contribution is -0.147. The fourth-order valence-electron chi connectivity index (χ4n) is 5.70. The van der Waals surface area contributed by atoms with Crippen molar-refractivity contribution in [1.29, 1.82) is 0 Å². The number of anilines is 1. The number of urea groups is 1. The Balaban J connectivity index is 1.82. The number of aromatic nitrogens is 1. The molecule has 1 heterocycles. The van der Waals surface area contributed by atoms with E-state index in [1.807, 2.05) is 64.1 Å². The van der Waals surface area contributed by atoms with E-state index in [1.54, 1.807) is 43.6 Å². The van der Waals surface area contributed by atoms with Gasteiger partial charge in [0.1, 0.15) is 16.7 Å². The van der Waals surface area contributed by atoms with Crippen LogP contribution < -0.4 is 16.0 Å². The van der Waals surface area contributed by atoms with Gasteiger partial charge in [0.05, 0.1) is 13.0 Å². The number of esters is 2. The van der Waals surface area contributed by atoms with Crippen LogP contribution in [0.5, 0.6) is 0 Å². The predicted octanol–water partition coefficient (Wildman–Crippen LogP) is 6.67. The highest BCUT2D eigenvalue weighted by Crippen LogP contribution is 2.31. The fraction of sp³-hybridized carbons (Fsp3) is 0.436. The van der Waals surface area contributed by atoms with Crippen molar-refractivity contribution in [3.63, 3.8) is 0 Å². The van der Waals surface area contributed by atoms with Crippen molar-refractivity contribution >= 4 is 46.8 Å². The number of methoxy groups -OCH3 is 1. The molecule has 12 nitrogen and oxygen atoms in total. The first-order valence-corrected chi connectivity index (χ1v) is 18.2. The number of carbonyl (C=O) groups is 5. The lowest BCUT2D eigenvalue weighted by Gasteiger charge is -2.31. The standard InChI is InChI=1S/C39H51N5O7S/c1-9-25(4)34(43-39(49)41-29-18-14-11-15-19-29)37(47)44(7)32(24(2)3)22-33(51-27(6)45)36-42-31(23-52-36)35(46)40-30(20-26(5)38(48)50-8)21-28-16-12-10-13-17-28/h10-19,23,25-26,30,33-34H,9,20-22H2,1-8H3,(H,40,46)(H2,41,43,49)/t25-,26-,30+,33+,34-/m0/s1. The normalized spacial score (nSPS) is 13.7. The minimum absolute atomic E-state index is 0.0927. The number of rotatable bonds is 17. The Morgan fingerprint density at radius 1 is 0.923 bits per heavy atom. The Morgan fingerprint density at radius 3 is 2.13 bits per heavy atom. The van der Waals surface area contributed by atoms with Gasteiger partial charge in [-0.05, 0) is 50.3 Å². The van der Waals surface area contributed by atoms with Gasteiger partial charge in [0.15, 0.2) is 6.10 Å². The first kappa shape index (κ1) is 41.4. The zero-order chi connectivity index (χ0) is 38.4. The molecule has 13 heteroatoms. The third kappa shape index (κ3) is 12.3. The lowest BCUT2D eigenvalue weighted by Crippen LogP contribution is -2.51. The molecule has 280 valence electrons. The lowest BCUT2D eigenvalue weighted by atomic mass is 9.96. The van der Waals surface area contributed by atoms with Crippen LogP contribution in [0.15, 0.2) is 77.3 Å². The van der Waals surface area contributed by atoms with Crippen LogP contribution in [0, 0.1) is 11.8 Å². The van der Waals surface area contributed by atoms with Gasteiger partial charge in [-0.15, -0.1) is 11.3 Å². The van der Waals surface area contributed by atoms with Crippen LogP contribution in [-0.4, -0.2) is 65.9 Å². The molecule has 1 aromatic heterocycles. The number of carbonyl (C=O) groups excluding carboxylic acids is 5. The molecule has 0 aliphatic carbocycles. The quantitative estimate of drug-likeness (QED) is 0.130. The number of hydrogen-bond donors (Lipinski definition) is 3. The number of amides is 4. The van der Waals surface area contributed by atoms with Crippen LogP contribution in [0.25, 0.3) is 0 Å². The van der Waals surface area contributed by atoms with Crippen LogP contribution in [0.3, 0.4) is 0 Å². The van der Waals surface area contributed by atoms with E-state index < -0.39 is 42.0 Å². The second-order valence-corrected chi connectivity index (χ2v) is 14.0. The van der Waals surface area contributed by atoms with Gasteiger partial charge < -0.3 is 30.3 Å². The number of para-hydroxylation sites is 1. The summed E-state index contributed by atoms with van der Waals surface area (Å²) in [6.45, 7) is 10.6. The molecule has 2 aromatic carbocycles. The topological polar surface area (TPSA) is 156 Å². The maximum absolute atomic E-state index is 14.0. The van der Waals surface area contributed by atoms with Crippen LogP contribution in [0.2, 0.25) is 0 Å². The summed E-state index contributed by atoms with van der Waals surface area (Å²) < 4.78 is 10.6. The highest BCUT2D eigenvalue weighted by Gasteiger charge is 2.33.